The van der Waals surface area contributed by atoms with Gasteiger partial charge in [-0.1, -0.05) is 12.1 Å². The Morgan fingerprint density at radius 2 is 1.80 bits per heavy atom. The van der Waals surface area contributed by atoms with E-state index in [0.29, 0.717) is 12.1 Å². The third-order valence-electron chi connectivity index (χ3n) is 6.25. The summed E-state index contributed by atoms with van der Waals surface area (Å²) in [5.41, 5.74) is 1.32. The van der Waals surface area contributed by atoms with Crippen molar-refractivity contribution >= 4 is 29.9 Å². The Bertz CT molecular complexity index is 650. The van der Waals surface area contributed by atoms with Crippen LogP contribution in [0.25, 0.3) is 0 Å². The fourth-order valence-electron chi connectivity index (χ4n) is 4.29. The van der Waals surface area contributed by atoms with Crippen molar-refractivity contribution in [2.75, 3.05) is 74.1 Å². The van der Waals surface area contributed by atoms with Crippen LogP contribution in [0.2, 0.25) is 0 Å². The van der Waals surface area contributed by atoms with Crippen molar-refractivity contribution in [1.82, 2.24) is 25.3 Å². The molecule has 2 aliphatic rings. The molecule has 0 radical (unpaired) electrons. The number of aliphatic imine (C=N–C) groups is 1. The number of rotatable bonds is 7. The van der Waals surface area contributed by atoms with Crippen molar-refractivity contribution < 1.29 is 4.74 Å². The molecule has 30 heavy (non-hydrogen) atoms. The number of ether oxygens (including phenoxy) is 1. The van der Waals surface area contributed by atoms with Gasteiger partial charge in [0.25, 0.3) is 0 Å². The van der Waals surface area contributed by atoms with Gasteiger partial charge in [0.15, 0.2) is 5.96 Å². The molecule has 2 atom stereocenters. The molecule has 3 rings (SSSR count). The summed E-state index contributed by atoms with van der Waals surface area (Å²) in [5.74, 6) is 1.78. The van der Waals surface area contributed by atoms with E-state index < -0.39 is 0 Å². The fourth-order valence-corrected chi connectivity index (χ4v) is 4.29. The van der Waals surface area contributed by atoms with E-state index in [1.807, 2.05) is 7.05 Å². The van der Waals surface area contributed by atoms with Gasteiger partial charge in [0.2, 0.25) is 0 Å². The number of likely N-dealkylation sites (N-methyl/N-ethyl adjacent to an activating group) is 2. The average Bonchev–Trinajstić information content (AvgIpc) is 3.27. The van der Waals surface area contributed by atoms with Crippen LogP contribution >= 0.6 is 24.0 Å². The maximum atomic E-state index is 5.33. The van der Waals surface area contributed by atoms with Crippen molar-refractivity contribution in [3.8, 4) is 5.75 Å². The molecular weight excluding hydrogens is 491 g/mol. The first-order chi connectivity index (χ1) is 14.1. The van der Waals surface area contributed by atoms with Crippen molar-refractivity contribution in [2.45, 2.75) is 24.9 Å². The van der Waals surface area contributed by atoms with Gasteiger partial charge < -0.3 is 20.3 Å². The van der Waals surface area contributed by atoms with Gasteiger partial charge in [-0.05, 0) is 57.7 Å². The largest absolute Gasteiger partial charge is 0.497 e. The predicted molar refractivity (Wildman–Crippen MR) is 135 cm³/mol. The van der Waals surface area contributed by atoms with E-state index in [9.17, 15) is 0 Å². The molecule has 0 saturated carbocycles. The number of nitrogens with zero attached hydrogens (tertiary/aromatic N) is 4. The van der Waals surface area contributed by atoms with Crippen molar-refractivity contribution in [2.24, 2.45) is 4.99 Å². The lowest BCUT2D eigenvalue weighted by atomic mass is 10.1. The lowest BCUT2D eigenvalue weighted by molar-refractivity contribution is 0.116. The first-order valence-corrected chi connectivity index (χ1v) is 10.8. The van der Waals surface area contributed by atoms with Crippen molar-refractivity contribution in [3.05, 3.63) is 29.8 Å². The molecule has 8 heteroatoms. The minimum atomic E-state index is 0. The van der Waals surface area contributed by atoms with Crippen LogP contribution in [-0.4, -0.2) is 101 Å². The summed E-state index contributed by atoms with van der Waals surface area (Å²) in [6.45, 7) is 7.39. The Hall–Kier alpha value is -1.10. The molecule has 0 bridgehead atoms. The van der Waals surface area contributed by atoms with Gasteiger partial charge >= 0.3 is 0 Å². The van der Waals surface area contributed by atoms with Crippen LogP contribution in [0, 0.1) is 0 Å². The Morgan fingerprint density at radius 1 is 1.10 bits per heavy atom. The first kappa shape index (κ1) is 25.2. The van der Waals surface area contributed by atoms with Crippen molar-refractivity contribution in [1.29, 1.82) is 0 Å². The zero-order valence-corrected chi connectivity index (χ0v) is 21.3. The molecule has 7 nitrogen and oxygen atoms in total. The summed E-state index contributed by atoms with van der Waals surface area (Å²) in [7, 11) is 7.97. The molecule has 0 aliphatic carbocycles. The number of nitrogens with one attached hydrogen (secondary N) is 2. The summed E-state index contributed by atoms with van der Waals surface area (Å²) < 4.78 is 5.33. The van der Waals surface area contributed by atoms with E-state index in [1.54, 1.807) is 7.11 Å². The highest BCUT2D eigenvalue weighted by Crippen LogP contribution is 2.26. The highest BCUT2D eigenvalue weighted by molar-refractivity contribution is 14.0. The normalized spacial score (nSPS) is 22.4. The van der Waals surface area contributed by atoms with Gasteiger partial charge in [0.1, 0.15) is 5.75 Å². The van der Waals surface area contributed by atoms with Gasteiger partial charge in [0, 0.05) is 45.8 Å². The highest BCUT2D eigenvalue weighted by Gasteiger charge is 2.25. The Labute approximate surface area is 199 Å². The molecule has 1 aromatic rings. The van der Waals surface area contributed by atoms with E-state index in [4.69, 9.17) is 4.74 Å². The van der Waals surface area contributed by atoms with Crippen molar-refractivity contribution in [3.63, 3.8) is 0 Å². The molecule has 0 aromatic heterocycles. The van der Waals surface area contributed by atoms with E-state index in [1.165, 1.54) is 18.4 Å². The summed E-state index contributed by atoms with van der Waals surface area (Å²) in [6.07, 6.45) is 2.56. The third-order valence-corrected chi connectivity index (χ3v) is 6.25. The number of guanidine groups is 1. The smallest absolute Gasteiger partial charge is 0.191 e. The fraction of sp³-hybridized carbons (Fsp3) is 0.682. The van der Waals surface area contributed by atoms with E-state index in [2.05, 4.69) is 68.7 Å². The summed E-state index contributed by atoms with van der Waals surface area (Å²) in [4.78, 5) is 11.9. The van der Waals surface area contributed by atoms with Gasteiger partial charge in [-0.15, -0.1) is 24.0 Å². The quantitative estimate of drug-likeness (QED) is 0.319. The van der Waals surface area contributed by atoms with Gasteiger partial charge in [0.05, 0.1) is 13.2 Å². The minimum absolute atomic E-state index is 0. The number of hydrogen-bond acceptors (Lipinski definition) is 5. The average molecular weight is 530 g/mol. The van der Waals surface area contributed by atoms with Crippen LogP contribution in [0.5, 0.6) is 5.75 Å². The van der Waals surface area contributed by atoms with Crippen LogP contribution < -0.4 is 15.4 Å². The molecule has 1 aromatic carbocycles. The molecule has 2 heterocycles. The summed E-state index contributed by atoms with van der Waals surface area (Å²) in [6, 6.07) is 9.33. The first-order valence-electron chi connectivity index (χ1n) is 10.8. The molecule has 170 valence electrons. The summed E-state index contributed by atoms with van der Waals surface area (Å²) >= 11 is 0. The summed E-state index contributed by atoms with van der Waals surface area (Å²) in [5, 5.41) is 7.11. The number of benzene rings is 1. The molecule has 2 saturated heterocycles. The third kappa shape index (κ3) is 6.96. The number of likely N-dealkylation sites (tertiary alicyclic amines) is 1. The molecular formula is C22H39IN6O. The van der Waals surface area contributed by atoms with Crippen LogP contribution in [0.3, 0.4) is 0 Å². The Morgan fingerprint density at radius 3 is 2.43 bits per heavy atom. The molecule has 0 amide bonds. The number of piperazine rings is 1. The lowest BCUT2D eigenvalue weighted by Gasteiger charge is -2.38. The zero-order chi connectivity index (χ0) is 20.6. The second kappa shape index (κ2) is 12.7. The molecule has 2 fully saturated rings. The van der Waals surface area contributed by atoms with Gasteiger partial charge in [-0.25, -0.2) is 0 Å². The highest BCUT2D eigenvalue weighted by atomic mass is 127. The SMILES string of the molecule is CN=C(NCC1CN(C)CCN1C)NCC(c1ccc(OC)cc1)N1CCCC1.I. The number of halogens is 1. The lowest BCUT2D eigenvalue weighted by Crippen LogP contribution is -2.55. The maximum absolute atomic E-state index is 5.33. The topological polar surface area (TPSA) is 55.4 Å². The van der Waals surface area contributed by atoms with Crippen LogP contribution in [-0.2, 0) is 0 Å². The standard InChI is InChI=1S/C22H38N6O.HI/c1-23-22(24-15-19-17-26(2)13-14-27(19)3)25-16-21(28-11-5-6-12-28)18-7-9-20(29-4)10-8-18;/h7-10,19,21H,5-6,11-17H2,1-4H3,(H2,23,24,25);1H. The second-order valence-corrected chi connectivity index (χ2v) is 8.26. The second-order valence-electron chi connectivity index (χ2n) is 8.26. The molecule has 2 unspecified atom stereocenters. The van der Waals surface area contributed by atoms with Crippen LogP contribution in [0.15, 0.2) is 29.3 Å². The Balaban J connectivity index is 0.00000320. The number of methoxy groups -OCH3 is 1. The monoisotopic (exact) mass is 530 g/mol. The molecule has 2 aliphatic heterocycles. The van der Waals surface area contributed by atoms with E-state index in [0.717, 1.165) is 57.5 Å². The molecule has 0 spiro atoms. The van der Waals surface area contributed by atoms with Gasteiger partial charge in [-0.2, -0.15) is 0 Å². The van der Waals surface area contributed by atoms with Crippen LogP contribution in [0.1, 0.15) is 24.4 Å². The van der Waals surface area contributed by atoms with Crippen LogP contribution in [0.4, 0.5) is 0 Å². The minimum Gasteiger partial charge on any atom is -0.497 e. The van der Waals surface area contributed by atoms with E-state index >= 15 is 0 Å². The van der Waals surface area contributed by atoms with E-state index in [-0.39, 0.29) is 24.0 Å². The Kier molecular flexibility index (Phi) is 10.6. The zero-order valence-electron chi connectivity index (χ0n) is 18.9. The number of hydrogen-bond donors (Lipinski definition) is 2. The molecule has 2 N–H and O–H groups in total. The maximum Gasteiger partial charge on any atom is 0.191 e. The van der Waals surface area contributed by atoms with Gasteiger partial charge in [-0.3, -0.25) is 14.8 Å². The predicted octanol–water partition coefficient (Wildman–Crippen LogP) is 1.86.